The van der Waals surface area contributed by atoms with Gasteiger partial charge in [-0.25, -0.2) is 19.3 Å². The third-order valence-corrected chi connectivity index (χ3v) is 3.83. The van der Waals surface area contributed by atoms with Crippen LogP contribution in [-0.2, 0) is 9.53 Å². The molecule has 9 heteroatoms. The highest BCUT2D eigenvalue weighted by molar-refractivity contribution is 5.96. The highest BCUT2D eigenvalue weighted by atomic mass is 16.5. The Hall–Kier alpha value is -4.01. The van der Waals surface area contributed by atoms with Gasteiger partial charge in [0.15, 0.2) is 12.4 Å². The monoisotopic (exact) mass is 407 g/mol. The predicted molar refractivity (Wildman–Crippen MR) is 109 cm³/mol. The maximum atomic E-state index is 12.4. The highest BCUT2D eigenvalue weighted by Gasteiger charge is 2.21. The number of urea groups is 1. The maximum Gasteiger partial charge on any atom is 0.378 e. The van der Waals surface area contributed by atoms with Gasteiger partial charge in [0.25, 0.3) is 11.7 Å². The molecule has 0 bridgehead atoms. The van der Waals surface area contributed by atoms with Crippen molar-refractivity contribution >= 4 is 17.9 Å². The first-order valence-corrected chi connectivity index (χ1v) is 9.29. The van der Waals surface area contributed by atoms with Gasteiger partial charge in [-0.2, -0.15) is 0 Å². The molecule has 154 valence electrons. The molecule has 3 rings (SSSR count). The van der Waals surface area contributed by atoms with E-state index < -0.39 is 24.5 Å². The van der Waals surface area contributed by atoms with E-state index in [2.05, 4.69) is 20.7 Å². The molecule has 0 fully saturated rings. The number of carbonyl (C=O) groups excluding carboxylic acids is 3. The summed E-state index contributed by atoms with van der Waals surface area (Å²) >= 11 is 0. The molecule has 3 amide bonds. The molecule has 0 atom stereocenters. The van der Waals surface area contributed by atoms with Gasteiger partial charge in [0.05, 0.1) is 5.69 Å². The largest absolute Gasteiger partial charge is 0.450 e. The zero-order valence-electron chi connectivity index (χ0n) is 16.5. The molecule has 0 saturated heterocycles. The fourth-order valence-electron chi connectivity index (χ4n) is 2.58. The molecule has 2 aromatic carbocycles. The van der Waals surface area contributed by atoms with Gasteiger partial charge in [-0.1, -0.05) is 48.5 Å². The summed E-state index contributed by atoms with van der Waals surface area (Å²) in [6.07, 6.45) is 0. The lowest BCUT2D eigenvalue weighted by Crippen LogP contribution is -2.44. The summed E-state index contributed by atoms with van der Waals surface area (Å²) in [4.78, 5) is 40.0. The normalized spacial score (nSPS) is 10.5. The number of nitrogens with one attached hydrogen (secondary N) is 2. The van der Waals surface area contributed by atoms with Crippen LogP contribution in [0.1, 0.15) is 24.5 Å². The third kappa shape index (κ3) is 5.28. The Morgan fingerprint density at radius 2 is 1.63 bits per heavy atom. The molecule has 0 aliphatic carbocycles. The zero-order chi connectivity index (χ0) is 21.5. The van der Waals surface area contributed by atoms with Crippen molar-refractivity contribution in [3.63, 3.8) is 0 Å². The van der Waals surface area contributed by atoms with Gasteiger partial charge in [-0.05, 0) is 26.0 Å². The van der Waals surface area contributed by atoms with Crippen molar-refractivity contribution in [2.75, 3.05) is 6.61 Å². The Morgan fingerprint density at radius 1 is 1.00 bits per heavy atom. The van der Waals surface area contributed by atoms with Crippen LogP contribution in [0, 0.1) is 0 Å². The quantitative estimate of drug-likeness (QED) is 0.606. The topological polar surface area (TPSA) is 115 Å². The summed E-state index contributed by atoms with van der Waals surface area (Å²) in [6, 6.07) is 17.7. The number of carbonyl (C=O) groups is 3. The van der Waals surface area contributed by atoms with Gasteiger partial charge in [-0.3, -0.25) is 10.1 Å². The molecule has 0 spiro atoms. The Kier molecular flexibility index (Phi) is 6.53. The smallest absolute Gasteiger partial charge is 0.378 e. The summed E-state index contributed by atoms with van der Waals surface area (Å²) in [5.74, 6) is -1.37. The van der Waals surface area contributed by atoms with Crippen LogP contribution >= 0.6 is 0 Å². The van der Waals surface area contributed by atoms with Crippen LogP contribution in [-0.4, -0.2) is 45.3 Å². The van der Waals surface area contributed by atoms with Crippen molar-refractivity contribution in [2.24, 2.45) is 0 Å². The molecule has 3 aromatic rings. The number of para-hydroxylation sites is 1. The number of nitrogens with zero attached hydrogens (tertiary/aromatic N) is 3. The Morgan fingerprint density at radius 3 is 2.27 bits per heavy atom. The van der Waals surface area contributed by atoms with Crippen molar-refractivity contribution in [3.8, 4) is 17.1 Å². The van der Waals surface area contributed by atoms with E-state index in [0.717, 1.165) is 5.56 Å². The second-order valence-electron chi connectivity index (χ2n) is 6.62. The molecule has 30 heavy (non-hydrogen) atoms. The molecule has 0 unspecified atom stereocenters. The second kappa shape index (κ2) is 9.46. The number of amides is 3. The van der Waals surface area contributed by atoms with E-state index in [4.69, 9.17) is 4.74 Å². The summed E-state index contributed by atoms with van der Waals surface area (Å²) in [7, 11) is 0. The van der Waals surface area contributed by atoms with Gasteiger partial charge < -0.3 is 10.1 Å². The van der Waals surface area contributed by atoms with E-state index in [1.807, 2.05) is 60.7 Å². The molecular weight excluding hydrogens is 386 g/mol. The Bertz CT molecular complexity index is 975. The number of hydrogen-bond acceptors (Lipinski definition) is 6. The fourth-order valence-corrected chi connectivity index (χ4v) is 2.58. The average molecular weight is 407 g/mol. The average Bonchev–Trinajstić information content (AvgIpc) is 3.18. The van der Waals surface area contributed by atoms with Crippen LogP contribution in [0.3, 0.4) is 0 Å². The van der Waals surface area contributed by atoms with E-state index in [9.17, 15) is 14.4 Å². The lowest BCUT2D eigenvalue weighted by molar-refractivity contribution is -0.123. The molecule has 0 aliphatic rings. The minimum Gasteiger partial charge on any atom is -0.450 e. The number of esters is 1. The molecule has 1 heterocycles. The molecule has 0 aliphatic heterocycles. The first-order valence-electron chi connectivity index (χ1n) is 9.29. The highest BCUT2D eigenvalue weighted by Crippen LogP contribution is 2.21. The second-order valence-corrected chi connectivity index (χ2v) is 6.62. The van der Waals surface area contributed by atoms with Crippen molar-refractivity contribution in [3.05, 3.63) is 66.5 Å². The van der Waals surface area contributed by atoms with Crippen molar-refractivity contribution < 1.29 is 19.1 Å². The van der Waals surface area contributed by atoms with Gasteiger partial charge in [-0.15, -0.1) is 5.10 Å². The van der Waals surface area contributed by atoms with Crippen LogP contribution < -0.4 is 10.6 Å². The van der Waals surface area contributed by atoms with Crippen molar-refractivity contribution in [2.45, 2.75) is 19.9 Å². The molecule has 1 aromatic heterocycles. The van der Waals surface area contributed by atoms with Crippen LogP contribution in [0.5, 0.6) is 0 Å². The van der Waals surface area contributed by atoms with Crippen LogP contribution in [0.2, 0.25) is 0 Å². The maximum absolute atomic E-state index is 12.4. The minimum atomic E-state index is -0.874. The van der Waals surface area contributed by atoms with Gasteiger partial charge in [0.1, 0.15) is 0 Å². The number of ether oxygens (including phenoxy) is 1. The number of hydrogen-bond donors (Lipinski definition) is 2. The van der Waals surface area contributed by atoms with Crippen molar-refractivity contribution in [1.29, 1.82) is 0 Å². The molecule has 2 N–H and O–H groups in total. The van der Waals surface area contributed by atoms with E-state index >= 15 is 0 Å². The number of benzene rings is 2. The summed E-state index contributed by atoms with van der Waals surface area (Å²) < 4.78 is 6.50. The number of aromatic nitrogens is 3. The number of imide groups is 1. The van der Waals surface area contributed by atoms with Gasteiger partial charge in [0, 0.05) is 11.6 Å². The third-order valence-electron chi connectivity index (χ3n) is 3.83. The van der Waals surface area contributed by atoms with E-state index in [1.165, 1.54) is 4.68 Å². The summed E-state index contributed by atoms with van der Waals surface area (Å²) in [5, 5.41) is 8.83. The standard InChI is InChI=1S/C21H21N5O4/c1-14(2)22-21(29)23-17(27)13-30-20(28)18-24-19(15-9-5-3-6-10-15)26(25-18)16-11-7-4-8-12-16/h3-12,14H,13H2,1-2H3,(H2,22,23,27,29). The molecular formula is C21H21N5O4. The summed E-state index contributed by atoms with van der Waals surface area (Å²) in [6.45, 7) is 2.87. The minimum absolute atomic E-state index is 0.136. The van der Waals surface area contributed by atoms with Gasteiger partial charge >= 0.3 is 12.0 Å². The zero-order valence-corrected chi connectivity index (χ0v) is 16.5. The first kappa shape index (κ1) is 20.7. The molecule has 0 radical (unpaired) electrons. The fraction of sp³-hybridized carbons (Fsp3) is 0.190. The van der Waals surface area contributed by atoms with Crippen molar-refractivity contribution in [1.82, 2.24) is 25.4 Å². The van der Waals surface area contributed by atoms with E-state index in [-0.39, 0.29) is 11.9 Å². The van der Waals surface area contributed by atoms with Crippen LogP contribution in [0.25, 0.3) is 17.1 Å². The summed E-state index contributed by atoms with van der Waals surface area (Å²) in [5.41, 5.74) is 1.47. The molecule has 9 nitrogen and oxygen atoms in total. The first-order chi connectivity index (χ1) is 14.4. The Labute approximate surface area is 173 Å². The predicted octanol–water partition coefficient (Wildman–Crippen LogP) is 2.33. The SMILES string of the molecule is CC(C)NC(=O)NC(=O)COC(=O)c1nc(-c2ccccc2)n(-c2ccccc2)n1. The van der Waals surface area contributed by atoms with Crippen LogP contribution in [0.4, 0.5) is 4.79 Å². The number of rotatable bonds is 6. The lowest BCUT2D eigenvalue weighted by Gasteiger charge is -2.08. The Balaban J connectivity index is 1.76. The lowest BCUT2D eigenvalue weighted by atomic mass is 10.2. The van der Waals surface area contributed by atoms with E-state index in [0.29, 0.717) is 11.5 Å². The van der Waals surface area contributed by atoms with E-state index in [1.54, 1.807) is 13.8 Å². The molecule has 0 saturated carbocycles. The van der Waals surface area contributed by atoms with Crippen LogP contribution in [0.15, 0.2) is 60.7 Å². The van der Waals surface area contributed by atoms with Gasteiger partial charge in [0.2, 0.25) is 0 Å².